The molecule has 1 aromatic carbocycles. The van der Waals surface area contributed by atoms with Gasteiger partial charge < -0.3 is 37.6 Å². The van der Waals surface area contributed by atoms with Crippen molar-refractivity contribution in [2.75, 3.05) is 12.3 Å². The number of amides is 4. The third kappa shape index (κ3) is 9.66. The van der Waals surface area contributed by atoms with Crippen molar-refractivity contribution in [2.24, 2.45) is 11.5 Å². The second-order valence-electron chi connectivity index (χ2n) is 6.90. The Hall–Kier alpha value is -3.32. The predicted molar refractivity (Wildman–Crippen MR) is 117 cm³/mol. The molecule has 3 atom stereocenters. The van der Waals surface area contributed by atoms with Gasteiger partial charge in [-0.05, 0) is 24.1 Å². The van der Waals surface area contributed by atoms with Crippen LogP contribution in [0.25, 0.3) is 0 Å². The van der Waals surface area contributed by atoms with Crippen molar-refractivity contribution in [1.82, 2.24) is 16.0 Å². The van der Waals surface area contributed by atoms with Gasteiger partial charge in [0.2, 0.25) is 23.6 Å². The third-order valence-corrected chi connectivity index (χ3v) is 4.64. The first-order valence-electron chi connectivity index (χ1n) is 9.56. The van der Waals surface area contributed by atoms with E-state index in [-0.39, 0.29) is 30.8 Å². The van der Waals surface area contributed by atoms with Crippen molar-refractivity contribution in [2.45, 2.75) is 37.4 Å². The van der Waals surface area contributed by atoms with Crippen molar-refractivity contribution >= 4 is 42.2 Å². The number of nitrogens with two attached hydrogens (primary N) is 2. The fraction of sp³-hybridized carbons (Fsp3) is 0.421. The molecule has 13 heteroatoms. The number of carbonyl (C=O) groups excluding carboxylic acids is 4. The molecule has 0 saturated carbocycles. The number of aromatic hydroxyl groups is 1. The summed E-state index contributed by atoms with van der Waals surface area (Å²) in [7, 11) is 0. The smallest absolute Gasteiger partial charge is 0.322 e. The Morgan fingerprint density at radius 3 is 2.09 bits per heavy atom. The Balaban J connectivity index is 2.94. The summed E-state index contributed by atoms with van der Waals surface area (Å²) in [5, 5.41) is 25.1. The van der Waals surface area contributed by atoms with Crippen molar-refractivity contribution in [3.05, 3.63) is 29.8 Å². The van der Waals surface area contributed by atoms with Crippen LogP contribution in [-0.4, -0.2) is 70.2 Å². The van der Waals surface area contributed by atoms with E-state index in [0.29, 0.717) is 5.56 Å². The number of thiol groups is 1. The van der Waals surface area contributed by atoms with E-state index < -0.39 is 54.3 Å². The number of carboxylic acid groups (broad SMARTS) is 1. The Morgan fingerprint density at radius 1 is 0.969 bits per heavy atom. The maximum atomic E-state index is 12.8. The molecule has 0 fully saturated rings. The molecule has 1 aromatic rings. The van der Waals surface area contributed by atoms with Crippen LogP contribution in [0.5, 0.6) is 5.75 Å². The van der Waals surface area contributed by atoms with Crippen LogP contribution in [-0.2, 0) is 30.4 Å². The van der Waals surface area contributed by atoms with Crippen LogP contribution in [0.15, 0.2) is 24.3 Å². The van der Waals surface area contributed by atoms with Gasteiger partial charge in [0.05, 0.1) is 6.04 Å². The molecule has 0 bridgehead atoms. The fourth-order valence-corrected chi connectivity index (χ4v) is 2.79. The summed E-state index contributed by atoms with van der Waals surface area (Å²) in [5.74, 6) is -4.21. The summed E-state index contributed by atoms with van der Waals surface area (Å²) in [4.78, 5) is 58.9. The maximum Gasteiger partial charge on any atom is 0.322 e. The van der Waals surface area contributed by atoms with Crippen LogP contribution < -0.4 is 27.4 Å². The topological polar surface area (TPSA) is 214 Å². The Bertz CT molecular complexity index is 834. The maximum absolute atomic E-state index is 12.8. The molecular formula is C19H27N5O7S. The Kier molecular flexibility index (Phi) is 11.0. The lowest BCUT2D eigenvalue weighted by Gasteiger charge is -2.23. The van der Waals surface area contributed by atoms with Gasteiger partial charge in [-0.15, -0.1) is 0 Å². The molecule has 0 saturated heterocycles. The summed E-state index contributed by atoms with van der Waals surface area (Å²) in [6, 6.07) is 2.47. The van der Waals surface area contributed by atoms with Crippen molar-refractivity contribution in [1.29, 1.82) is 0 Å². The van der Waals surface area contributed by atoms with Crippen LogP contribution in [0.3, 0.4) is 0 Å². The molecule has 0 aromatic heterocycles. The molecular weight excluding hydrogens is 442 g/mol. The number of hydrogen-bond acceptors (Lipinski definition) is 8. The number of phenols is 1. The molecule has 0 aliphatic rings. The second-order valence-corrected chi connectivity index (χ2v) is 7.26. The highest BCUT2D eigenvalue weighted by atomic mass is 32.1. The average Bonchev–Trinajstić information content (AvgIpc) is 2.74. The number of rotatable bonds is 13. The van der Waals surface area contributed by atoms with E-state index >= 15 is 0 Å². The monoisotopic (exact) mass is 469 g/mol. The van der Waals surface area contributed by atoms with Gasteiger partial charge in [-0.1, -0.05) is 12.1 Å². The van der Waals surface area contributed by atoms with E-state index in [1.807, 2.05) is 0 Å². The van der Waals surface area contributed by atoms with Gasteiger partial charge in [-0.25, -0.2) is 0 Å². The summed E-state index contributed by atoms with van der Waals surface area (Å²) in [5.41, 5.74) is 11.4. The number of nitrogens with one attached hydrogen (secondary N) is 3. The minimum atomic E-state index is -1.26. The molecule has 0 aliphatic heterocycles. The number of phenolic OH excluding ortho intramolecular Hbond substituents is 1. The molecule has 9 N–H and O–H groups in total. The molecule has 0 spiro atoms. The van der Waals surface area contributed by atoms with Gasteiger partial charge in [0, 0.05) is 18.6 Å². The second kappa shape index (κ2) is 13.2. The Morgan fingerprint density at radius 2 is 1.56 bits per heavy atom. The molecule has 0 radical (unpaired) electrons. The number of carboxylic acids is 1. The summed E-state index contributed by atoms with van der Waals surface area (Å²) in [6.45, 7) is -0.638. The molecule has 176 valence electrons. The van der Waals surface area contributed by atoms with Gasteiger partial charge in [-0.3, -0.25) is 24.0 Å². The van der Waals surface area contributed by atoms with Gasteiger partial charge in [-0.2, -0.15) is 12.6 Å². The van der Waals surface area contributed by atoms with Crippen LogP contribution >= 0.6 is 12.6 Å². The zero-order valence-electron chi connectivity index (χ0n) is 17.1. The molecule has 0 heterocycles. The van der Waals surface area contributed by atoms with E-state index in [2.05, 4.69) is 28.6 Å². The first kappa shape index (κ1) is 26.7. The van der Waals surface area contributed by atoms with Crippen LogP contribution in [0, 0.1) is 0 Å². The molecule has 3 unspecified atom stereocenters. The van der Waals surface area contributed by atoms with Crippen molar-refractivity contribution in [3.63, 3.8) is 0 Å². The third-order valence-electron chi connectivity index (χ3n) is 4.28. The number of primary amides is 1. The van der Waals surface area contributed by atoms with Gasteiger partial charge in [0.25, 0.3) is 0 Å². The largest absolute Gasteiger partial charge is 0.508 e. The zero-order valence-corrected chi connectivity index (χ0v) is 18.0. The minimum Gasteiger partial charge on any atom is -0.508 e. The van der Waals surface area contributed by atoms with E-state index in [4.69, 9.17) is 16.6 Å². The summed E-state index contributed by atoms with van der Waals surface area (Å²) in [6.07, 6.45) is -0.142. The van der Waals surface area contributed by atoms with Gasteiger partial charge in [0.1, 0.15) is 24.4 Å². The van der Waals surface area contributed by atoms with E-state index in [1.54, 1.807) is 12.1 Å². The standard InChI is InChI=1S/C19H27N5O7S/c20-12(5-6-15(21)26)17(29)23-13(7-10-1-3-11(25)4-2-10)19(31)24-14(9-32)18(30)22-8-16(27)28/h1-4,12-14,25,32H,5-9,20H2,(H2,21,26)(H,22,30)(H,23,29)(H,24,31)(H,27,28). The lowest BCUT2D eigenvalue weighted by Crippen LogP contribution is -2.57. The van der Waals surface area contributed by atoms with Gasteiger partial charge in [0.15, 0.2) is 0 Å². The number of carbonyl (C=O) groups is 5. The molecule has 12 nitrogen and oxygen atoms in total. The summed E-state index contributed by atoms with van der Waals surface area (Å²) >= 11 is 4.00. The SMILES string of the molecule is NC(=O)CCC(N)C(=O)NC(Cc1ccc(O)cc1)C(=O)NC(CS)C(=O)NCC(=O)O. The molecule has 1 rings (SSSR count). The number of aliphatic carboxylic acids is 1. The summed E-state index contributed by atoms with van der Waals surface area (Å²) < 4.78 is 0. The van der Waals surface area contributed by atoms with Crippen LogP contribution in [0.4, 0.5) is 0 Å². The van der Waals surface area contributed by atoms with Crippen LogP contribution in [0.2, 0.25) is 0 Å². The fourth-order valence-electron chi connectivity index (χ4n) is 2.54. The Labute approximate surface area is 189 Å². The minimum absolute atomic E-state index is 0.00354. The lowest BCUT2D eigenvalue weighted by atomic mass is 10.0. The average molecular weight is 470 g/mol. The molecule has 4 amide bonds. The molecule has 0 aliphatic carbocycles. The van der Waals surface area contributed by atoms with E-state index in [0.717, 1.165) is 0 Å². The van der Waals surface area contributed by atoms with Crippen LogP contribution in [0.1, 0.15) is 18.4 Å². The van der Waals surface area contributed by atoms with Gasteiger partial charge >= 0.3 is 5.97 Å². The predicted octanol–water partition coefficient (Wildman–Crippen LogP) is -2.37. The highest BCUT2D eigenvalue weighted by molar-refractivity contribution is 7.80. The van der Waals surface area contributed by atoms with E-state index in [9.17, 15) is 29.1 Å². The lowest BCUT2D eigenvalue weighted by molar-refractivity contribution is -0.138. The quantitative estimate of drug-likeness (QED) is 0.146. The molecule has 32 heavy (non-hydrogen) atoms. The highest BCUT2D eigenvalue weighted by Crippen LogP contribution is 2.12. The first-order valence-corrected chi connectivity index (χ1v) is 10.2. The highest BCUT2D eigenvalue weighted by Gasteiger charge is 2.28. The first-order chi connectivity index (χ1) is 15.0. The number of benzene rings is 1. The normalized spacial score (nSPS) is 13.3. The van der Waals surface area contributed by atoms with E-state index in [1.165, 1.54) is 12.1 Å². The zero-order chi connectivity index (χ0) is 24.3. The van der Waals surface area contributed by atoms with Crippen molar-refractivity contribution in [3.8, 4) is 5.75 Å². The van der Waals surface area contributed by atoms with Crippen molar-refractivity contribution < 1.29 is 34.2 Å². The number of hydrogen-bond donors (Lipinski definition) is 8.